The Morgan fingerprint density at radius 3 is 1.23 bits per heavy atom. The van der Waals surface area contributed by atoms with Gasteiger partial charge < -0.3 is 13.4 Å². The standard InChI is InChI=1S/C63H38N4O2/c1-4-16-39(17-5-1)42-30-33-55-52(36-42)53-37-43(40-18-6-2-7-19-40)31-34-56(53)67(55)54-35-32-44(38-51(54)41-20-8-3-9-21-41)61-64-62(49-26-14-24-47-45-22-10-12-28-57(45)68-59(47)49)66-63(65-61)50-27-15-25-48-46-23-11-13-29-58(46)69-60(48)50/h1-38H. The molecular weight excluding hydrogens is 845 g/mol. The average Bonchev–Trinajstić information content (AvgIpc) is 4.11. The summed E-state index contributed by atoms with van der Waals surface area (Å²) in [6, 6.07) is 80.7. The van der Waals surface area contributed by atoms with Crippen molar-refractivity contribution >= 4 is 65.7 Å². The van der Waals surface area contributed by atoms with E-state index in [0.717, 1.165) is 88.4 Å². The molecule has 0 spiro atoms. The number of hydrogen-bond donors (Lipinski definition) is 0. The topological polar surface area (TPSA) is 69.9 Å². The maximum Gasteiger partial charge on any atom is 0.167 e. The van der Waals surface area contributed by atoms with E-state index in [-0.39, 0.29) is 0 Å². The smallest absolute Gasteiger partial charge is 0.167 e. The molecule has 322 valence electrons. The van der Waals surface area contributed by atoms with Crippen LogP contribution in [0, 0.1) is 0 Å². The monoisotopic (exact) mass is 882 g/mol. The van der Waals surface area contributed by atoms with Crippen molar-refractivity contribution in [3.8, 4) is 73.2 Å². The predicted octanol–water partition coefficient (Wildman–Crippen LogP) is 16.8. The van der Waals surface area contributed by atoms with Crippen LogP contribution in [-0.4, -0.2) is 19.5 Å². The second-order valence-corrected chi connectivity index (χ2v) is 17.5. The minimum atomic E-state index is 0.504. The van der Waals surface area contributed by atoms with E-state index in [2.05, 4.69) is 174 Å². The molecule has 10 aromatic carbocycles. The third-order valence-corrected chi connectivity index (χ3v) is 13.5. The fourth-order valence-corrected chi connectivity index (χ4v) is 10.2. The third-order valence-electron chi connectivity index (χ3n) is 13.5. The summed E-state index contributed by atoms with van der Waals surface area (Å²) < 4.78 is 15.6. The van der Waals surface area contributed by atoms with Crippen LogP contribution in [0.2, 0.25) is 0 Å². The predicted molar refractivity (Wildman–Crippen MR) is 281 cm³/mol. The van der Waals surface area contributed by atoms with Crippen molar-refractivity contribution in [2.45, 2.75) is 0 Å². The summed E-state index contributed by atoms with van der Waals surface area (Å²) in [7, 11) is 0. The van der Waals surface area contributed by atoms with Crippen molar-refractivity contribution in [2.75, 3.05) is 0 Å². The molecule has 69 heavy (non-hydrogen) atoms. The number of hydrogen-bond acceptors (Lipinski definition) is 5. The molecule has 14 aromatic rings. The molecule has 6 nitrogen and oxygen atoms in total. The molecule has 0 saturated heterocycles. The van der Waals surface area contributed by atoms with Crippen LogP contribution in [0.3, 0.4) is 0 Å². The molecule has 14 rings (SSSR count). The highest BCUT2D eigenvalue weighted by atomic mass is 16.3. The lowest BCUT2D eigenvalue weighted by Crippen LogP contribution is -2.02. The van der Waals surface area contributed by atoms with E-state index in [1.165, 1.54) is 33.0 Å². The SMILES string of the molecule is c1ccc(-c2ccc3c(c2)c2cc(-c4ccccc4)ccc2n3-c2ccc(-c3nc(-c4cccc5c4oc4ccccc45)nc(-c4cccc5c4oc4ccccc45)n3)cc2-c2ccccc2)cc1. The van der Waals surface area contributed by atoms with E-state index >= 15 is 0 Å². The molecule has 0 amide bonds. The lowest BCUT2D eigenvalue weighted by molar-refractivity contribution is 0.669. The van der Waals surface area contributed by atoms with E-state index < -0.39 is 0 Å². The Morgan fingerprint density at radius 1 is 0.275 bits per heavy atom. The largest absolute Gasteiger partial charge is 0.455 e. The van der Waals surface area contributed by atoms with Gasteiger partial charge in [0.1, 0.15) is 22.3 Å². The van der Waals surface area contributed by atoms with Crippen molar-refractivity contribution in [3.05, 3.63) is 231 Å². The maximum atomic E-state index is 6.59. The molecule has 0 unspecified atom stereocenters. The fraction of sp³-hybridized carbons (Fsp3) is 0. The fourth-order valence-electron chi connectivity index (χ4n) is 10.2. The minimum absolute atomic E-state index is 0.504. The first-order valence-electron chi connectivity index (χ1n) is 23.2. The van der Waals surface area contributed by atoms with Gasteiger partial charge in [0.15, 0.2) is 17.5 Å². The van der Waals surface area contributed by atoms with E-state index in [1.54, 1.807) is 0 Å². The van der Waals surface area contributed by atoms with Gasteiger partial charge in [-0.15, -0.1) is 0 Å². The van der Waals surface area contributed by atoms with Crippen molar-refractivity contribution in [1.29, 1.82) is 0 Å². The molecule has 0 fully saturated rings. The number of furan rings is 2. The quantitative estimate of drug-likeness (QED) is 0.159. The first-order chi connectivity index (χ1) is 34.2. The summed E-state index contributed by atoms with van der Waals surface area (Å²) in [5.41, 5.74) is 15.5. The van der Waals surface area contributed by atoms with Crippen LogP contribution < -0.4 is 0 Å². The highest BCUT2D eigenvalue weighted by Gasteiger charge is 2.23. The molecule has 0 N–H and O–H groups in total. The Bertz CT molecular complexity index is 4070. The van der Waals surface area contributed by atoms with E-state index in [0.29, 0.717) is 17.5 Å². The summed E-state index contributed by atoms with van der Waals surface area (Å²) in [6.07, 6.45) is 0. The van der Waals surface area contributed by atoms with Crippen molar-refractivity contribution < 1.29 is 8.83 Å². The van der Waals surface area contributed by atoms with Gasteiger partial charge in [0.25, 0.3) is 0 Å². The van der Waals surface area contributed by atoms with Gasteiger partial charge in [0.2, 0.25) is 0 Å². The van der Waals surface area contributed by atoms with Crippen molar-refractivity contribution in [1.82, 2.24) is 19.5 Å². The van der Waals surface area contributed by atoms with Crippen LogP contribution >= 0.6 is 0 Å². The van der Waals surface area contributed by atoms with Crippen molar-refractivity contribution in [3.63, 3.8) is 0 Å². The maximum absolute atomic E-state index is 6.59. The highest BCUT2D eigenvalue weighted by Crippen LogP contribution is 2.43. The zero-order valence-corrected chi connectivity index (χ0v) is 37.0. The van der Waals surface area contributed by atoms with Crippen LogP contribution in [0.15, 0.2) is 239 Å². The molecule has 0 aliphatic carbocycles. The molecule has 0 aliphatic rings. The summed E-state index contributed by atoms with van der Waals surface area (Å²) >= 11 is 0. The van der Waals surface area contributed by atoms with Gasteiger partial charge in [-0.3, -0.25) is 0 Å². The summed E-state index contributed by atoms with van der Waals surface area (Å²) in [6.45, 7) is 0. The number of benzene rings is 10. The number of rotatable bonds is 7. The lowest BCUT2D eigenvalue weighted by Gasteiger charge is -2.16. The Balaban J connectivity index is 1.01. The van der Waals surface area contributed by atoms with Gasteiger partial charge in [-0.1, -0.05) is 164 Å². The number of fused-ring (bicyclic) bond motifs is 9. The van der Waals surface area contributed by atoms with Gasteiger partial charge in [-0.25, -0.2) is 15.0 Å². The number of aromatic nitrogens is 4. The molecule has 0 atom stereocenters. The molecule has 4 heterocycles. The van der Waals surface area contributed by atoms with Crippen LogP contribution in [0.1, 0.15) is 0 Å². The number of nitrogens with zero attached hydrogens (tertiary/aromatic N) is 4. The summed E-state index contributed by atoms with van der Waals surface area (Å²) in [5.74, 6) is 1.54. The van der Waals surface area contributed by atoms with Gasteiger partial charge in [0, 0.05) is 43.4 Å². The first-order valence-corrected chi connectivity index (χ1v) is 23.2. The highest BCUT2D eigenvalue weighted by molar-refractivity contribution is 6.13. The molecular formula is C63H38N4O2. The van der Waals surface area contributed by atoms with Crippen molar-refractivity contribution in [2.24, 2.45) is 0 Å². The normalized spacial score (nSPS) is 11.8. The van der Waals surface area contributed by atoms with E-state index in [4.69, 9.17) is 23.8 Å². The van der Waals surface area contributed by atoms with Crippen LogP contribution in [0.5, 0.6) is 0 Å². The second-order valence-electron chi connectivity index (χ2n) is 17.5. The molecule has 0 aliphatic heterocycles. The van der Waals surface area contributed by atoms with Crippen LogP contribution in [0.25, 0.3) is 139 Å². The summed E-state index contributed by atoms with van der Waals surface area (Å²) in [4.78, 5) is 15.9. The van der Waals surface area contributed by atoms with Crippen LogP contribution in [0.4, 0.5) is 0 Å². The second kappa shape index (κ2) is 15.6. The van der Waals surface area contributed by atoms with Gasteiger partial charge >= 0.3 is 0 Å². The number of para-hydroxylation sites is 4. The lowest BCUT2D eigenvalue weighted by atomic mass is 9.99. The van der Waals surface area contributed by atoms with Gasteiger partial charge in [-0.2, -0.15) is 0 Å². The zero-order chi connectivity index (χ0) is 45.4. The molecule has 4 aromatic heterocycles. The Morgan fingerprint density at radius 2 is 0.710 bits per heavy atom. The third kappa shape index (κ3) is 6.38. The summed E-state index contributed by atoms with van der Waals surface area (Å²) in [5, 5.41) is 6.43. The Hall–Kier alpha value is -9.39. The Kier molecular flexibility index (Phi) is 8.79. The Labute approximate surface area is 396 Å². The van der Waals surface area contributed by atoms with Gasteiger partial charge in [0.05, 0.1) is 27.8 Å². The van der Waals surface area contributed by atoms with Gasteiger partial charge in [-0.05, 0) is 94.5 Å². The van der Waals surface area contributed by atoms with E-state index in [9.17, 15) is 0 Å². The van der Waals surface area contributed by atoms with E-state index in [1.807, 2.05) is 60.7 Å². The molecule has 0 radical (unpaired) electrons. The zero-order valence-electron chi connectivity index (χ0n) is 37.0. The minimum Gasteiger partial charge on any atom is -0.455 e. The molecule has 0 saturated carbocycles. The average molecular weight is 883 g/mol. The van der Waals surface area contributed by atoms with Crippen LogP contribution in [-0.2, 0) is 0 Å². The first kappa shape index (κ1) is 38.8. The molecule has 0 bridgehead atoms. The molecule has 6 heteroatoms.